The maximum atomic E-state index is 13.2. The highest BCUT2D eigenvalue weighted by Crippen LogP contribution is 2.29. The van der Waals surface area contributed by atoms with E-state index in [1.165, 1.54) is 20.3 Å². The molecule has 1 amide bonds. The monoisotopic (exact) mass is 486 g/mol. The van der Waals surface area contributed by atoms with E-state index in [-0.39, 0.29) is 28.2 Å². The van der Waals surface area contributed by atoms with E-state index in [9.17, 15) is 13.2 Å². The molecule has 0 unspecified atom stereocenters. The van der Waals surface area contributed by atoms with Gasteiger partial charge in [0.15, 0.2) is 0 Å². The highest BCUT2D eigenvalue weighted by molar-refractivity contribution is 7.92. The Bertz CT molecular complexity index is 1280. The first-order chi connectivity index (χ1) is 16.3. The maximum Gasteiger partial charge on any atom is 0.316 e. The number of carbonyl (C=O) groups excluding carboxylic acids is 1. The predicted molar refractivity (Wildman–Crippen MR) is 125 cm³/mol. The van der Waals surface area contributed by atoms with Crippen LogP contribution >= 0.6 is 0 Å². The van der Waals surface area contributed by atoms with Gasteiger partial charge in [-0.3, -0.25) is 9.52 Å². The Balaban J connectivity index is 1.61. The number of aryl methyl sites for hydroxylation is 1. The van der Waals surface area contributed by atoms with Crippen molar-refractivity contribution in [3.63, 3.8) is 0 Å². The molecule has 34 heavy (non-hydrogen) atoms. The summed E-state index contributed by atoms with van der Waals surface area (Å²) in [6.45, 7) is 3.00. The van der Waals surface area contributed by atoms with Gasteiger partial charge in [0.2, 0.25) is 5.82 Å². The van der Waals surface area contributed by atoms with Gasteiger partial charge in [-0.25, -0.2) is 8.42 Å². The van der Waals surface area contributed by atoms with Crippen LogP contribution in [-0.2, 0) is 10.0 Å². The first kappa shape index (κ1) is 23.6. The van der Waals surface area contributed by atoms with Crippen LogP contribution in [0.1, 0.15) is 35.5 Å². The van der Waals surface area contributed by atoms with Crippen LogP contribution in [0.25, 0.3) is 11.4 Å². The number of benzene rings is 2. The zero-order chi connectivity index (χ0) is 24.3. The van der Waals surface area contributed by atoms with Gasteiger partial charge in [0.1, 0.15) is 11.5 Å². The molecule has 1 aliphatic rings. The van der Waals surface area contributed by atoms with Crippen LogP contribution in [0.4, 0.5) is 5.69 Å². The molecule has 3 aromatic rings. The Hall–Kier alpha value is -3.60. The normalized spacial score (nSPS) is 14.0. The van der Waals surface area contributed by atoms with E-state index in [0.717, 1.165) is 19.3 Å². The van der Waals surface area contributed by atoms with Crippen LogP contribution in [0.5, 0.6) is 11.5 Å². The Labute approximate surface area is 197 Å². The van der Waals surface area contributed by atoms with Crippen LogP contribution in [0.2, 0.25) is 0 Å². The lowest BCUT2D eigenvalue weighted by Gasteiger charge is -2.24. The van der Waals surface area contributed by atoms with Crippen molar-refractivity contribution in [3.8, 4) is 22.9 Å². The first-order valence-corrected chi connectivity index (χ1v) is 12.3. The lowest BCUT2D eigenvalue weighted by atomic mass is 10.1. The van der Waals surface area contributed by atoms with Crippen molar-refractivity contribution in [1.29, 1.82) is 0 Å². The standard InChI is InChI=1S/C23H26N4O6S/c1-15-7-8-16(21-24-22(33-25-21)23(28)27-9-5-4-6-10-27)11-20(15)34(29,30)26-17-12-18(31-2)14-19(13-17)32-3/h7-8,11-14,26H,4-6,9-10H2,1-3H3. The number of hydrogen-bond acceptors (Lipinski definition) is 8. The van der Waals surface area contributed by atoms with Crippen LogP contribution < -0.4 is 14.2 Å². The maximum absolute atomic E-state index is 13.2. The number of sulfonamides is 1. The molecule has 4 rings (SSSR count). The Morgan fingerprint density at radius 2 is 1.71 bits per heavy atom. The van der Waals surface area contributed by atoms with Gasteiger partial charge in [-0.15, -0.1) is 0 Å². The third-order valence-electron chi connectivity index (χ3n) is 5.59. The minimum absolute atomic E-state index is 0.0421. The molecule has 1 N–H and O–H groups in total. The van der Waals surface area contributed by atoms with Crippen molar-refractivity contribution in [2.45, 2.75) is 31.1 Å². The molecule has 1 saturated heterocycles. The second kappa shape index (κ2) is 9.72. The summed E-state index contributed by atoms with van der Waals surface area (Å²) < 4.78 is 44.6. The number of nitrogens with one attached hydrogen (secondary N) is 1. The van der Waals surface area contributed by atoms with E-state index < -0.39 is 10.0 Å². The number of piperidine rings is 1. The van der Waals surface area contributed by atoms with E-state index in [1.807, 2.05) is 0 Å². The lowest BCUT2D eigenvalue weighted by molar-refractivity contribution is 0.0674. The fourth-order valence-electron chi connectivity index (χ4n) is 3.77. The molecule has 2 heterocycles. The minimum Gasteiger partial charge on any atom is -0.497 e. The van der Waals surface area contributed by atoms with E-state index in [0.29, 0.717) is 35.7 Å². The second-order valence-corrected chi connectivity index (χ2v) is 9.61. The third kappa shape index (κ3) is 4.98. The molecule has 2 aromatic carbocycles. The van der Waals surface area contributed by atoms with Crippen LogP contribution in [0.15, 0.2) is 45.8 Å². The molecule has 10 nitrogen and oxygen atoms in total. The zero-order valence-electron chi connectivity index (χ0n) is 19.2. The Kier molecular flexibility index (Phi) is 6.73. The van der Waals surface area contributed by atoms with Crippen molar-refractivity contribution in [3.05, 3.63) is 47.9 Å². The van der Waals surface area contributed by atoms with Crippen molar-refractivity contribution in [2.24, 2.45) is 0 Å². The van der Waals surface area contributed by atoms with Gasteiger partial charge in [-0.1, -0.05) is 17.3 Å². The third-order valence-corrected chi connectivity index (χ3v) is 7.12. The number of aromatic nitrogens is 2. The topological polar surface area (TPSA) is 124 Å². The zero-order valence-corrected chi connectivity index (χ0v) is 20.0. The van der Waals surface area contributed by atoms with Gasteiger partial charge in [0.25, 0.3) is 10.0 Å². The number of carbonyl (C=O) groups is 1. The quantitative estimate of drug-likeness (QED) is 0.538. The van der Waals surface area contributed by atoms with Crippen molar-refractivity contribution >= 4 is 21.6 Å². The van der Waals surface area contributed by atoms with E-state index in [4.69, 9.17) is 14.0 Å². The number of ether oxygens (including phenoxy) is 2. The number of likely N-dealkylation sites (tertiary alicyclic amines) is 1. The smallest absolute Gasteiger partial charge is 0.316 e. The van der Waals surface area contributed by atoms with Crippen LogP contribution in [-0.4, -0.2) is 56.7 Å². The summed E-state index contributed by atoms with van der Waals surface area (Å²) >= 11 is 0. The highest BCUT2D eigenvalue weighted by atomic mass is 32.2. The number of rotatable bonds is 7. The molecule has 0 aliphatic carbocycles. The van der Waals surface area contributed by atoms with E-state index >= 15 is 0 Å². The Morgan fingerprint density at radius 1 is 1.03 bits per heavy atom. The molecule has 180 valence electrons. The largest absolute Gasteiger partial charge is 0.497 e. The summed E-state index contributed by atoms with van der Waals surface area (Å²) in [4.78, 5) is 18.6. The van der Waals surface area contributed by atoms with Gasteiger partial charge >= 0.3 is 11.8 Å². The summed E-state index contributed by atoms with van der Waals surface area (Å²) in [5.74, 6) is 0.607. The molecule has 1 aromatic heterocycles. The number of hydrogen-bond donors (Lipinski definition) is 1. The van der Waals surface area contributed by atoms with Gasteiger partial charge < -0.3 is 18.9 Å². The average Bonchev–Trinajstić information content (AvgIpc) is 3.34. The van der Waals surface area contributed by atoms with Gasteiger partial charge in [0, 0.05) is 36.9 Å². The predicted octanol–water partition coefficient (Wildman–Crippen LogP) is 3.49. The first-order valence-electron chi connectivity index (χ1n) is 10.8. The second-order valence-electron chi connectivity index (χ2n) is 7.96. The summed E-state index contributed by atoms with van der Waals surface area (Å²) in [7, 11) is -1.01. The number of nitrogens with zero attached hydrogens (tertiary/aromatic N) is 3. The molecule has 0 atom stereocenters. The number of amides is 1. The van der Waals surface area contributed by atoms with Gasteiger partial charge in [0.05, 0.1) is 24.8 Å². The van der Waals surface area contributed by atoms with Gasteiger partial charge in [-0.05, 0) is 37.8 Å². The van der Waals surface area contributed by atoms with Crippen molar-refractivity contribution < 1.29 is 27.2 Å². The van der Waals surface area contributed by atoms with E-state index in [1.54, 1.807) is 42.2 Å². The summed E-state index contributed by atoms with van der Waals surface area (Å²) in [6, 6.07) is 9.53. The van der Waals surface area contributed by atoms with E-state index in [2.05, 4.69) is 14.9 Å². The SMILES string of the molecule is COc1cc(NS(=O)(=O)c2cc(-c3noc(C(=O)N4CCCCC4)n3)ccc2C)cc(OC)c1. The summed E-state index contributed by atoms with van der Waals surface area (Å²) in [5, 5.41) is 3.90. The lowest BCUT2D eigenvalue weighted by Crippen LogP contribution is -2.35. The van der Waals surface area contributed by atoms with Gasteiger partial charge in [-0.2, -0.15) is 4.98 Å². The molecule has 0 saturated carbocycles. The van der Waals surface area contributed by atoms with Crippen LogP contribution in [0.3, 0.4) is 0 Å². The number of anilines is 1. The van der Waals surface area contributed by atoms with Crippen LogP contribution in [0, 0.1) is 6.92 Å². The molecule has 0 bridgehead atoms. The molecule has 1 fully saturated rings. The average molecular weight is 487 g/mol. The fourth-order valence-corrected chi connectivity index (χ4v) is 5.08. The summed E-state index contributed by atoms with van der Waals surface area (Å²) in [5.41, 5.74) is 1.23. The number of methoxy groups -OCH3 is 2. The molecule has 1 aliphatic heterocycles. The molecular formula is C23H26N4O6S. The molecule has 0 spiro atoms. The fraction of sp³-hybridized carbons (Fsp3) is 0.348. The Morgan fingerprint density at radius 3 is 2.35 bits per heavy atom. The minimum atomic E-state index is -3.97. The van der Waals surface area contributed by atoms with Crippen molar-refractivity contribution in [2.75, 3.05) is 32.0 Å². The summed E-state index contributed by atoms with van der Waals surface area (Å²) in [6.07, 6.45) is 2.98. The molecular weight excluding hydrogens is 460 g/mol. The molecule has 11 heteroatoms. The molecule has 0 radical (unpaired) electrons. The highest BCUT2D eigenvalue weighted by Gasteiger charge is 2.25. The van der Waals surface area contributed by atoms with Crippen molar-refractivity contribution in [1.82, 2.24) is 15.0 Å².